The molecule has 0 radical (unpaired) electrons. The van der Waals surface area contributed by atoms with Crippen LogP contribution in [0.1, 0.15) is 20.8 Å². The third-order valence-corrected chi connectivity index (χ3v) is 3.11. The van der Waals surface area contributed by atoms with Crippen LogP contribution in [0, 0.1) is 16.0 Å². The van der Waals surface area contributed by atoms with Crippen molar-refractivity contribution < 1.29 is 10.0 Å². The second-order valence-corrected chi connectivity index (χ2v) is 4.58. The summed E-state index contributed by atoms with van der Waals surface area (Å²) in [4.78, 5) is 10.8. The highest BCUT2D eigenvalue weighted by atomic mass is 16.6. The van der Waals surface area contributed by atoms with Crippen molar-refractivity contribution in [1.82, 2.24) is 0 Å². The molecule has 6 heteroatoms. The van der Waals surface area contributed by atoms with E-state index in [1.165, 1.54) is 0 Å². The number of nitrogens with one attached hydrogen (secondary N) is 2. The monoisotopic (exact) mass is 267 g/mol. The quantitative estimate of drug-likeness (QED) is 0.521. The smallest absolute Gasteiger partial charge is 0.315 e. The van der Waals surface area contributed by atoms with Crippen LogP contribution in [0.15, 0.2) is 18.2 Å². The van der Waals surface area contributed by atoms with Crippen LogP contribution < -0.4 is 10.6 Å². The third kappa shape index (κ3) is 3.82. The number of nitrogens with zero attached hydrogens (tertiary/aromatic N) is 1. The van der Waals surface area contributed by atoms with E-state index in [2.05, 4.69) is 10.6 Å². The van der Waals surface area contributed by atoms with E-state index >= 15 is 0 Å². The van der Waals surface area contributed by atoms with Crippen molar-refractivity contribution >= 4 is 17.1 Å². The molecular weight excluding hydrogens is 246 g/mol. The van der Waals surface area contributed by atoms with Gasteiger partial charge in [-0.1, -0.05) is 13.0 Å². The summed E-state index contributed by atoms with van der Waals surface area (Å²) in [5.74, 6) is 0.0161. The number of nitro benzene ring substituents is 1. The molecule has 1 aromatic carbocycles. The molecule has 106 valence electrons. The van der Waals surface area contributed by atoms with Gasteiger partial charge in [-0.05, 0) is 31.9 Å². The number of para-hydroxylation sites is 1. The van der Waals surface area contributed by atoms with Crippen molar-refractivity contribution in [3.63, 3.8) is 0 Å². The van der Waals surface area contributed by atoms with Gasteiger partial charge in [-0.3, -0.25) is 10.1 Å². The molecule has 0 aromatic heterocycles. The Morgan fingerprint density at radius 3 is 2.53 bits per heavy atom. The van der Waals surface area contributed by atoms with Crippen LogP contribution in [0.4, 0.5) is 17.1 Å². The van der Waals surface area contributed by atoms with Gasteiger partial charge in [-0.25, -0.2) is 0 Å². The van der Waals surface area contributed by atoms with Gasteiger partial charge in [-0.15, -0.1) is 0 Å². The van der Waals surface area contributed by atoms with E-state index in [9.17, 15) is 10.1 Å². The number of aliphatic hydroxyl groups excluding tert-OH is 1. The third-order valence-electron chi connectivity index (χ3n) is 3.11. The highest BCUT2D eigenvalue weighted by Crippen LogP contribution is 2.33. The number of hydrogen-bond acceptors (Lipinski definition) is 5. The molecule has 0 amide bonds. The number of aliphatic hydroxyl groups is 1. The van der Waals surface area contributed by atoms with Crippen molar-refractivity contribution in [1.29, 1.82) is 0 Å². The Morgan fingerprint density at radius 2 is 2.00 bits per heavy atom. The minimum atomic E-state index is -0.392. The molecule has 2 atom stereocenters. The van der Waals surface area contributed by atoms with Crippen LogP contribution in [0.3, 0.4) is 0 Å². The fourth-order valence-corrected chi connectivity index (χ4v) is 1.74. The van der Waals surface area contributed by atoms with Gasteiger partial charge in [0.05, 0.1) is 4.92 Å². The van der Waals surface area contributed by atoms with Crippen LogP contribution in [-0.2, 0) is 0 Å². The van der Waals surface area contributed by atoms with Crippen LogP contribution in [0.25, 0.3) is 0 Å². The lowest BCUT2D eigenvalue weighted by molar-refractivity contribution is -0.383. The van der Waals surface area contributed by atoms with Crippen LogP contribution in [-0.4, -0.2) is 29.2 Å². The largest absolute Gasteiger partial charge is 0.396 e. The number of hydrogen-bond donors (Lipinski definition) is 3. The van der Waals surface area contributed by atoms with Crippen molar-refractivity contribution in [2.75, 3.05) is 23.8 Å². The predicted octanol–water partition coefficient (Wildman–Crippen LogP) is 2.46. The number of nitro groups is 1. The highest BCUT2D eigenvalue weighted by Gasteiger charge is 2.21. The average Bonchev–Trinajstić information content (AvgIpc) is 2.37. The lowest BCUT2D eigenvalue weighted by Crippen LogP contribution is -2.26. The van der Waals surface area contributed by atoms with E-state index in [1.54, 1.807) is 18.2 Å². The fraction of sp³-hybridized carbons (Fsp3) is 0.538. The molecule has 1 rings (SSSR count). The maximum atomic E-state index is 11.2. The summed E-state index contributed by atoms with van der Waals surface area (Å²) in [5.41, 5.74) is 1.01. The van der Waals surface area contributed by atoms with Gasteiger partial charge < -0.3 is 15.7 Å². The lowest BCUT2D eigenvalue weighted by atomic mass is 10.0. The molecule has 0 saturated carbocycles. The fourth-order valence-electron chi connectivity index (χ4n) is 1.74. The van der Waals surface area contributed by atoms with E-state index in [0.29, 0.717) is 17.9 Å². The van der Waals surface area contributed by atoms with Crippen molar-refractivity contribution in [2.24, 2.45) is 5.92 Å². The SMILES string of the molecule is CCNc1cccc(NC(C)C(C)CO)c1[N+](=O)[O-]. The van der Waals surface area contributed by atoms with Crippen LogP contribution >= 0.6 is 0 Å². The van der Waals surface area contributed by atoms with Crippen molar-refractivity contribution in [3.8, 4) is 0 Å². The topological polar surface area (TPSA) is 87.4 Å². The molecule has 0 saturated heterocycles. The normalized spacial score (nSPS) is 13.7. The van der Waals surface area contributed by atoms with Crippen LogP contribution in [0.2, 0.25) is 0 Å². The molecule has 0 fully saturated rings. The summed E-state index contributed by atoms with van der Waals surface area (Å²) in [5, 5.41) is 26.4. The van der Waals surface area contributed by atoms with Gasteiger partial charge in [0.1, 0.15) is 11.4 Å². The Labute approximate surface area is 113 Å². The first kappa shape index (κ1) is 15.2. The first-order valence-corrected chi connectivity index (χ1v) is 6.39. The Bertz CT molecular complexity index is 437. The Kier molecular flexibility index (Phi) is 5.57. The first-order valence-electron chi connectivity index (χ1n) is 6.39. The lowest BCUT2D eigenvalue weighted by Gasteiger charge is -2.21. The number of benzene rings is 1. The first-order chi connectivity index (χ1) is 9.01. The molecule has 0 aliphatic carbocycles. The van der Waals surface area contributed by atoms with E-state index in [-0.39, 0.29) is 24.3 Å². The molecule has 0 spiro atoms. The summed E-state index contributed by atoms with van der Waals surface area (Å²) in [6.07, 6.45) is 0. The molecular formula is C13H21N3O3. The number of rotatable bonds is 7. The standard InChI is InChI=1S/C13H21N3O3/c1-4-14-11-6-5-7-12(13(11)16(18)19)15-10(3)9(2)8-17/h5-7,9-10,14-15,17H,4,8H2,1-3H3. The zero-order valence-electron chi connectivity index (χ0n) is 11.5. The Hall–Kier alpha value is -1.82. The summed E-state index contributed by atoms with van der Waals surface area (Å²) < 4.78 is 0. The van der Waals surface area contributed by atoms with Gasteiger partial charge in [0.25, 0.3) is 0 Å². The summed E-state index contributed by atoms with van der Waals surface area (Å²) >= 11 is 0. The molecule has 6 nitrogen and oxygen atoms in total. The summed E-state index contributed by atoms with van der Waals surface area (Å²) in [6.45, 7) is 6.32. The second-order valence-electron chi connectivity index (χ2n) is 4.58. The van der Waals surface area contributed by atoms with Gasteiger partial charge in [0.2, 0.25) is 0 Å². The maximum Gasteiger partial charge on any atom is 0.315 e. The number of anilines is 2. The zero-order valence-corrected chi connectivity index (χ0v) is 11.5. The second kappa shape index (κ2) is 6.94. The van der Waals surface area contributed by atoms with E-state index in [1.807, 2.05) is 20.8 Å². The highest BCUT2D eigenvalue weighted by molar-refractivity contribution is 5.76. The Balaban J connectivity index is 3.06. The molecule has 0 heterocycles. The van der Waals surface area contributed by atoms with Gasteiger partial charge in [0, 0.05) is 19.2 Å². The molecule has 1 aromatic rings. The van der Waals surface area contributed by atoms with Crippen molar-refractivity contribution in [2.45, 2.75) is 26.8 Å². The van der Waals surface area contributed by atoms with Crippen LogP contribution in [0.5, 0.6) is 0 Å². The molecule has 3 N–H and O–H groups in total. The Morgan fingerprint density at radius 1 is 1.37 bits per heavy atom. The van der Waals surface area contributed by atoms with Gasteiger partial charge >= 0.3 is 5.69 Å². The zero-order chi connectivity index (χ0) is 14.4. The average molecular weight is 267 g/mol. The molecule has 0 bridgehead atoms. The minimum Gasteiger partial charge on any atom is -0.396 e. The molecule has 0 aliphatic heterocycles. The minimum absolute atomic E-state index is 0.0161. The van der Waals surface area contributed by atoms with Gasteiger partial charge in [0.15, 0.2) is 0 Å². The molecule has 2 unspecified atom stereocenters. The van der Waals surface area contributed by atoms with E-state index in [0.717, 1.165) is 0 Å². The summed E-state index contributed by atoms with van der Waals surface area (Å²) in [7, 11) is 0. The molecule has 0 aliphatic rings. The van der Waals surface area contributed by atoms with E-state index < -0.39 is 4.92 Å². The van der Waals surface area contributed by atoms with Crippen molar-refractivity contribution in [3.05, 3.63) is 28.3 Å². The predicted molar refractivity (Wildman–Crippen MR) is 76.6 cm³/mol. The molecule has 19 heavy (non-hydrogen) atoms. The summed E-state index contributed by atoms with van der Waals surface area (Å²) in [6, 6.07) is 5.08. The maximum absolute atomic E-state index is 11.2. The van der Waals surface area contributed by atoms with E-state index in [4.69, 9.17) is 5.11 Å². The van der Waals surface area contributed by atoms with Gasteiger partial charge in [-0.2, -0.15) is 0 Å².